The zero-order valence-corrected chi connectivity index (χ0v) is 18.6. The minimum atomic E-state index is -0.549. The molecule has 1 aromatic heterocycles. The van der Waals surface area contributed by atoms with Gasteiger partial charge in [-0.3, -0.25) is 9.78 Å². The first-order chi connectivity index (χ1) is 14.8. The van der Waals surface area contributed by atoms with Crippen LogP contribution in [0.15, 0.2) is 42.6 Å². The Hall–Kier alpha value is -2.95. The second-order valence-electron chi connectivity index (χ2n) is 8.74. The summed E-state index contributed by atoms with van der Waals surface area (Å²) in [4.78, 5) is 19.2. The van der Waals surface area contributed by atoms with Gasteiger partial charge in [0.2, 0.25) is 0 Å². The number of ether oxygens (including phenoxy) is 1. The highest BCUT2D eigenvalue weighted by Crippen LogP contribution is 2.34. The maximum Gasteiger partial charge on any atom is 0.263 e. The molecule has 5 heteroatoms. The molecule has 1 aliphatic rings. The molecule has 0 N–H and O–H groups in total. The van der Waals surface area contributed by atoms with E-state index >= 15 is 0 Å². The molecule has 31 heavy (non-hydrogen) atoms. The Morgan fingerprint density at radius 1 is 1.19 bits per heavy atom. The number of hydrogen-bond acceptors (Lipinski definition) is 3. The van der Waals surface area contributed by atoms with Crippen molar-refractivity contribution in [3.05, 3.63) is 59.5 Å². The molecule has 2 heterocycles. The number of halogens is 1. The Bertz CT molecular complexity index is 1100. The van der Waals surface area contributed by atoms with Crippen LogP contribution in [0, 0.1) is 25.6 Å². The lowest BCUT2D eigenvalue weighted by molar-refractivity contribution is -0.139. The van der Waals surface area contributed by atoms with Crippen LogP contribution in [-0.2, 0) is 4.79 Å². The first kappa shape index (κ1) is 21.3. The fourth-order valence-corrected chi connectivity index (χ4v) is 4.66. The van der Waals surface area contributed by atoms with Crippen molar-refractivity contribution in [1.82, 2.24) is 9.88 Å². The van der Waals surface area contributed by atoms with Gasteiger partial charge in [-0.1, -0.05) is 6.92 Å². The molecule has 1 amide bonds. The molecule has 162 valence electrons. The van der Waals surface area contributed by atoms with Gasteiger partial charge in [0.25, 0.3) is 5.91 Å². The van der Waals surface area contributed by atoms with Gasteiger partial charge in [-0.05, 0) is 92.1 Å². The van der Waals surface area contributed by atoms with E-state index in [1.54, 1.807) is 25.3 Å². The second-order valence-corrected chi connectivity index (χ2v) is 8.74. The zero-order chi connectivity index (χ0) is 22.1. The van der Waals surface area contributed by atoms with Crippen LogP contribution >= 0.6 is 0 Å². The van der Waals surface area contributed by atoms with Crippen LogP contribution in [-0.4, -0.2) is 35.0 Å². The summed E-state index contributed by atoms with van der Waals surface area (Å²) in [6.45, 7) is 9.43. The molecular formula is C26H29FN2O2. The van der Waals surface area contributed by atoms with Crippen molar-refractivity contribution in [1.29, 1.82) is 0 Å². The van der Waals surface area contributed by atoms with Gasteiger partial charge in [0.15, 0.2) is 6.10 Å². The van der Waals surface area contributed by atoms with Gasteiger partial charge in [-0.2, -0.15) is 0 Å². The van der Waals surface area contributed by atoms with E-state index in [-0.39, 0.29) is 11.7 Å². The summed E-state index contributed by atoms with van der Waals surface area (Å²) in [5, 5.41) is 0.969. The third kappa shape index (κ3) is 4.41. The summed E-state index contributed by atoms with van der Waals surface area (Å²) >= 11 is 0. The summed E-state index contributed by atoms with van der Waals surface area (Å²) in [5.41, 5.74) is 4.59. The maximum absolute atomic E-state index is 13.8. The molecule has 0 spiro atoms. The Morgan fingerprint density at radius 3 is 2.65 bits per heavy atom. The number of fused-ring (bicyclic) bond motifs is 1. The van der Waals surface area contributed by atoms with E-state index in [1.807, 2.05) is 43.0 Å². The number of nitrogens with zero attached hydrogens (tertiary/aromatic N) is 2. The third-order valence-electron chi connectivity index (χ3n) is 6.11. The van der Waals surface area contributed by atoms with Gasteiger partial charge in [0.05, 0.1) is 5.52 Å². The minimum Gasteiger partial charge on any atom is -0.481 e. The Labute approximate surface area is 183 Å². The summed E-state index contributed by atoms with van der Waals surface area (Å²) in [6.07, 6.45) is 3.43. The number of rotatable bonds is 4. The SMILES string of the molecule is Cc1cc(F)cc(C)c1-c1ccnc2cc(OC(C)C(=O)N3CCCC(C)C3)ccc12. The van der Waals surface area contributed by atoms with Gasteiger partial charge < -0.3 is 9.64 Å². The van der Waals surface area contributed by atoms with Crippen molar-refractivity contribution in [2.24, 2.45) is 5.92 Å². The smallest absolute Gasteiger partial charge is 0.263 e. The fraction of sp³-hybridized carbons (Fsp3) is 0.385. The van der Waals surface area contributed by atoms with E-state index in [0.717, 1.165) is 52.7 Å². The molecule has 0 aliphatic carbocycles. The molecule has 0 bridgehead atoms. The lowest BCUT2D eigenvalue weighted by Gasteiger charge is -2.32. The van der Waals surface area contributed by atoms with Gasteiger partial charge >= 0.3 is 0 Å². The number of carbonyl (C=O) groups excluding carboxylic acids is 1. The Kier molecular flexibility index (Phi) is 5.94. The van der Waals surface area contributed by atoms with Crippen molar-refractivity contribution >= 4 is 16.8 Å². The van der Waals surface area contributed by atoms with Crippen LogP contribution < -0.4 is 4.74 Å². The summed E-state index contributed by atoms with van der Waals surface area (Å²) in [5.74, 6) is 0.961. The minimum absolute atomic E-state index is 0.0333. The van der Waals surface area contributed by atoms with Crippen molar-refractivity contribution in [2.45, 2.75) is 46.6 Å². The molecule has 4 rings (SSSR count). The van der Waals surface area contributed by atoms with E-state index in [2.05, 4.69) is 11.9 Å². The van der Waals surface area contributed by atoms with Crippen molar-refractivity contribution in [3.8, 4) is 16.9 Å². The van der Waals surface area contributed by atoms with Crippen molar-refractivity contribution in [3.63, 3.8) is 0 Å². The van der Waals surface area contributed by atoms with Crippen LogP contribution in [0.4, 0.5) is 4.39 Å². The monoisotopic (exact) mass is 420 g/mol. The molecule has 1 aliphatic heterocycles. The predicted octanol–water partition coefficient (Wildman–Crippen LogP) is 5.68. The van der Waals surface area contributed by atoms with Crippen LogP contribution in [0.5, 0.6) is 5.75 Å². The largest absolute Gasteiger partial charge is 0.481 e. The Balaban J connectivity index is 1.60. The molecular weight excluding hydrogens is 391 g/mol. The number of hydrogen-bond donors (Lipinski definition) is 0. The highest BCUT2D eigenvalue weighted by Gasteiger charge is 2.26. The molecule has 2 unspecified atom stereocenters. The molecule has 2 aromatic carbocycles. The number of likely N-dealkylation sites (tertiary alicyclic amines) is 1. The molecule has 0 radical (unpaired) electrons. The predicted molar refractivity (Wildman–Crippen MR) is 122 cm³/mol. The number of piperidine rings is 1. The average molecular weight is 421 g/mol. The molecule has 3 aromatic rings. The average Bonchev–Trinajstić information content (AvgIpc) is 2.72. The van der Waals surface area contributed by atoms with Crippen LogP contribution in [0.3, 0.4) is 0 Å². The van der Waals surface area contributed by atoms with Gasteiger partial charge in [-0.15, -0.1) is 0 Å². The Morgan fingerprint density at radius 2 is 1.94 bits per heavy atom. The lowest BCUT2D eigenvalue weighted by Crippen LogP contribution is -2.45. The van der Waals surface area contributed by atoms with Crippen LogP contribution in [0.2, 0.25) is 0 Å². The zero-order valence-electron chi connectivity index (χ0n) is 18.6. The molecule has 1 saturated heterocycles. The second kappa shape index (κ2) is 8.66. The van der Waals surface area contributed by atoms with E-state index in [1.165, 1.54) is 6.42 Å². The van der Waals surface area contributed by atoms with Crippen molar-refractivity contribution in [2.75, 3.05) is 13.1 Å². The van der Waals surface area contributed by atoms with Crippen LogP contribution in [0.25, 0.3) is 22.0 Å². The number of aromatic nitrogens is 1. The number of amides is 1. The van der Waals surface area contributed by atoms with Crippen molar-refractivity contribution < 1.29 is 13.9 Å². The van der Waals surface area contributed by atoms with Gasteiger partial charge in [0, 0.05) is 30.7 Å². The van der Waals surface area contributed by atoms with E-state index in [0.29, 0.717) is 11.7 Å². The molecule has 4 nitrogen and oxygen atoms in total. The van der Waals surface area contributed by atoms with Gasteiger partial charge in [-0.25, -0.2) is 4.39 Å². The molecule has 2 atom stereocenters. The number of benzene rings is 2. The standard InChI is InChI=1S/C26H29FN2O2/c1-16-6-5-11-29(15-16)26(30)19(4)31-21-7-8-22-23(9-10-28-24(22)14-21)25-17(2)12-20(27)13-18(25)3/h7-10,12-14,16,19H,5-6,11,15H2,1-4H3. The summed E-state index contributed by atoms with van der Waals surface area (Å²) < 4.78 is 19.8. The quantitative estimate of drug-likeness (QED) is 0.545. The van der Waals surface area contributed by atoms with Crippen LogP contribution in [0.1, 0.15) is 37.8 Å². The topological polar surface area (TPSA) is 42.4 Å². The van der Waals surface area contributed by atoms with E-state index < -0.39 is 6.10 Å². The fourth-order valence-electron chi connectivity index (χ4n) is 4.66. The maximum atomic E-state index is 13.8. The van der Waals surface area contributed by atoms with Gasteiger partial charge in [0.1, 0.15) is 11.6 Å². The highest BCUT2D eigenvalue weighted by atomic mass is 19.1. The molecule has 1 fully saturated rings. The number of carbonyl (C=O) groups is 1. The third-order valence-corrected chi connectivity index (χ3v) is 6.11. The normalized spacial score (nSPS) is 17.6. The highest BCUT2D eigenvalue weighted by molar-refractivity contribution is 5.96. The first-order valence-electron chi connectivity index (χ1n) is 10.9. The van der Waals surface area contributed by atoms with E-state index in [9.17, 15) is 9.18 Å². The lowest BCUT2D eigenvalue weighted by atomic mass is 9.93. The summed E-state index contributed by atoms with van der Waals surface area (Å²) in [6, 6.07) is 10.8. The first-order valence-corrected chi connectivity index (χ1v) is 10.9. The number of aryl methyl sites for hydroxylation is 2. The summed E-state index contributed by atoms with van der Waals surface area (Å²) in [7, 11) is 0. The van der Waals surface area contributed by atoms with E-state index in [4.69, 9.17) is 4.74 Å². The number of pyridine rings is 1. The molecule has 0 saturated carbocycles.